The highest BCUT2D eigenvalue weighted by Gasteiger charge is 2.43. The first-order chi connectivity index (χ1) is 7.99. The highest BCUT2D eigenvalue weighted by molar-refractivity contribution is 7.80. The van der Waals surface area contributed by atoms with Gasteiger partial charge in [-0.1, -0.05) is 25.1 Å². The summed E-state index contributed by atoms with van der Waals surface area (Å²) in [7, 11) is 0. The third-order valence-corrected chi connectivity index (χ3v) is 3.54. The van der Waals surface area contributed by atoms with Gasteiger partial charge in [0.1, 0.15) is 0 Å². The highest BCUT2D eigenvalue weighted by atomic mass is 32.1. The van der Waals surface area contributed by atoms with Crippen LogP contribution in [0.15, 0.2) is 0 Å². The van der Waals surface area contributed by atoms with Gasteiger partial charge >= 0.3 is 0 Å². The molecule has 0 aromatic rings. The summed E-state index contributed by atoms with van der Waals surface area (Å²) in [5, 5.41) is 5.40. The second kappa shape index (κ2) is 5.95. The Labute approximate surface area is 107 Å². The lowest BCUT2D eigenvalue weighted by Gasteiger charge is -2.26. The first-order valence-electron chi connectivity index (χ1n) is 5.82. The predicted octanol–water partition coefficient (Wildman–Crippen LogP) is 0.0852. The molecule has 0 aromatic carbocycles. The lowest BCUT2D eigenvalue weighted by atomic mass is 9.85. The molecule has 0 heterocycles. The third-order valence-electron chi connectivity index (χ3n) is 3.15. The molecule has 96 valence electrons. The van der Waals surface area contributed by atoms with E-state index in [4.69, 9.17) is 18.0 Å². The summed E-state index contributed by atoms with van der Waals surface area (Å²) in [5.41, 5.74) is 5.03. The molecular weight excluding hydrogens is 238 g/mol. The van der Waals surface area contributed by atoms with Crippen LogP contribution in [-0.2, 0) is 9.59 Å². The van der Waals surface area contributed by atoms with Crippen molar-refractivity contribution in [3.05, 3.63) is 0 Å². The van der Waals surface area contributed by atoms with Crippen molar-refractivity contribution < 1.29 is 9.59 Å². The van der Waals surface area contributed by atoms with Crippen molar-refractivity contribution in [1.82, 2.24) is 10.6 Å². The Morgan fingerprint density at radius 2 is 1.76 bits per heavy atom. The van der Waals surface area contributed by atoms with E-state index in [0.717, 1.165) is 25.7 Å². The molecule has 4 N–H and O–H groups in total. The average molecular weight is 257 g/mol. The minimum atomic E-state index is -0.661. The average Bonchev–Trinajstić information content (AvgIpc) is 2.74. The van der Waals surface area contributed by atoms with Crippen LogP contribution in [0.2, 0.25) is 0 Å². The van der Waals surface area contributed by atoms with E-state index in [1.165, 1.54) is 6.92 Å². The van der Waals surface area contributed by atoms with Gasteiger partial charge in [-0.2, -0.15) is 0 Å². The molecule has 0 unspecified atom stereocenters. The maximum absolute atomic E-state index is 12.1. The number of nitrogens with one attached hydrogen (secondary N) is 2. The van der Waals surface area contributed by atoms with E-state index in [-0.39, 0.29) is 16.8 Å². The van der Waals surface area contributed by atoms with Crippen molar-refractivity contribution in [2.45, 2.75) is 32.6 Å². The Morgan fingerprint density at radius 1 is 1.24 bits per heavy atom. The second-order valence-corrected chi connectivity index (χ2v) is 4.83. The quantitative estimate of drug-likeness (QED) is 0.481. The molecule has 0 saturated heterocycles. The standard InChI is InChI=1S/C11H19N3O2S/c1-8(15)13-6-7-14-10(16)11(9(12)17)4-2-3-5-11/h2-7H2,1H3,(H2,12,17)(H,13,15)(H,14,16). The van der Waals surface area contributed by atoms with Crippen molar-refractivity contribution in [2.24, 2.45) is 11.1 Å². The topological polar surface area (TPSA) is 84.2 Å². The maximum Gasteiger partial charge on any atom is 0.233 e. The summed E-state index contributed by atoms with van der Waals surface area (Å²) in [6, 6.07) is 0. The van der Waals surface area contributed by atoms with Crippen LogP contribution in [0.3, 0.4) is 0 Å². The molecule has 0 atom stereocenters. The van der Waals surface area contributed by atoms with E-state index in [1.807, 2.05) is 0 Å². The molecule has 0 aromatic heterocycles. The first kappa shape index (κ1) is 13.9. The number of rotatable bonds is 5. The molecule has 1 rings (SSSR count). The number of nitrogens with two attached hydrogens (primary N) is 1. The number of hydrogen-bond donors (Lipinski definition) is 3. The summed E-state index contributed by atoms with van der Waals surface area (Å²) < 4.78 is 0. The van der Waals surface area contributed by atoms with Gasteiger partial charge in [-0.05, 0) is 12.8 Å². The van der Waals surface area contributed by atoms with E-state index in [0.29, 0.717) is 13.1 Å². The minimum absolute atomic E-state index is 0.104. The maximum atomic E-state index is 12.1. The molecule has 0 spiro atoms. The summed E-state index contributed by atoms with van der Waals surface area (Å²) in [6.07, 6.45) is 3.43. The first-order valence-corrected chi connectivity index (χ1v) is 6.22. The van der Waals surface area contributed by atoms with E-state index >= 15 is 0 Å². The number of hydrogen-bond acceptors (Lipinski definition) is 3. The normalized spacial score (nSPS) is 17.5. The lowest BCUT2D eigenvalue weighted by molar-refractivity contribution is -0.127. The summed E-state index contributed by atoms with van der Waals surface area (Å²) in [5.74, 6) is -0.211. The molecular formula is C11H19N3O2S. The van der Waals surface area contributed by atoms with Crippen LogP contribution in [0.1, 0.15) is 32.6 Å². The van der Waals surface area contributed by atoms with Gasteiger partial charge in [0.15, 0.2) is 0 Å². The Bertz CT molecular complexity index is 325. The summed E-state index contributed by atoms with van der Waals surface area (Å²) in [4.78, 5) is 23.0. The van der Waals surface area contributed by atoms with Gasteiger partial charge in [-0.15, -0.1) is 0 Å². The van der Waals surface area contributed by atoms with Gasteiger partial charge in [0.05, 0.1) is 10.4 Å². The van der Waals surface area contributed by atoms with Gasteiger partial charge in [-0.25, -0.2) is 0 Å². The van der Waals surface area contributed by atoms with E-state index < -0.39 is 5.41 Å². The molecule has 1 aliphatic carbocycles. The Kier molecular flexibility index (Phi) is 4.86. The fraction of sp³-hybridized carbons (Fsp3) is 0.727. The zero-order valence-corrected chi connectivity index (χ0v) is 10.9. The highest BCUT2D eigenvalue weighted by Crippen LogP contribution is 2.38. The van der Waals surface area contributed by atoms with Crippen LogP contribution in [-0.4, -0.2) is 29.9 Å². The van der Waals surface area contributed by atoms with Gasteiger partial charge in [0, 0.05) is 20.0 Å². The number of amides is 2. The SMILES string of the molecule is CC(=O)NCCNC(=O)C1(C(N)=S)CCCC1. The molecule has 1 fully saturated rings. The molecule has 0 aliphatic heterocycles. The van der Waals surface area contributed by atoms with Crippen LogP contribution < -0.4 is 16.4 Å². The minimum Gasteiger partial charge on any atom is -0.392 e. The van der Waals surface area contributed by atoms with Crippen molar-refractivity contribution in [2.75, 3.05) is 13.1 Å². The zero-order valence-electron chi connectivity index (χ0n) is 10.0. The Morgan fingerprint density at radius 3 is 2.24 bits per heavy atom. The molecule has 1 aliphatic rings. The van der Waals surface area contributed by atoms with Crippen molar-refractivity contribution >= 4 is 29.0 Å². The van der Waals surface area contributed by atoms with Gasteiger partial charge in [0.25, 0.3) is 0 Å². The van der Waals surface area contributed by atoms with E-state index in [2.05, 4.69) is 10.6 Å². The van der Waals surface area contributed by atoms with Crippen LogP contribution >= 0.6 is 12.2 Å². The van der Waals surface area contributed by atoms with E-state index in [9.17, 15) is 9.59 Å². The fourth-order valence-corrected chi connectivity index (χ4v) is 2.44. The summed E-state index contributed by atoms with van der Waals surface area (Å²) in [6.45, 7) is 2.27. The Hall–Kier alpha value is -1.17. The summed E-state index contributed by atoms with van der Waals surface area (Å²) >= 11 is 5.01. The molecule has 2 amide bonds. The molecule has 0 bridgehead atoms. The predicted molar refractivity (Wildman–Crippen MR) is 69.4 cm³/mol. The smallest absolute Gasteiger partial charge is 0.233 e. The van der Waals surface area contributed by atoms with Gasteiger partial charge in [0.2, 0.25) is 11.8 Å². The van der Waals surface area contributed by atoms with Crippen LogP contribution in [0.5, 0.6) is 0 Å². The van der Waals surface area contributed by atoms with Crippen LogP contribution in [0.25, 0.3) is 0 Å². The molecule has 5 nitrogen and oxygen atoms in total. The molecule has 6 heteroatoms. The van der Waals surface area contributed by atoms with Crippen molar-refractivity contribution in [3.8, 4) is 0 Å². The zero-order chi connectivity index (χ0) is 12.9. The van der Waals surface area contributed by atoms with E-state index in [1.54, 1.807) is 0 Å². The van der Waals surface area contributed by atoms with Crippen molar-refractivity contribution in [3.63, 3.8) is 0 Å². The largest absolute Gasteiger partial charge is 0.392 e. The fourth-order valence-electron chi connectivity index (χ4n) is 2.15. The lowest BCUT2D eigenvalue weighted by Crippen LogP contribution is -2.48. The third kappa shape index (κ3) is 3.39. The van der Waals surface area contributed by atoms with Crippen molar-refractivity contribution in [1.29, 1.82) is 0 Å². The monoisotopic (exact) mass is 257 g/mol. The molecule has 17 heavy (non-hydrogen) atoms. The molecule has 1 saturated carbocycles. The van der Waals surface area contributed by atoms with Gasteiger partial charge < -0.3 is 16.4 Å². The van der Waals surface area contributed by atoms with Crippen LogP contribution in [0, 0.1) is 5.41 Å². The number of carbonyl (C=O) groups is 2. The Balaban J connectivity index is 2.44. The number of thiocarbonyl (C=S) groups is 1. The van der Waals surface area contributed by atoms with Gasteiger partial charge in [-0.3, -0.25) is 9.59 Å². The number of carbonyl (C=O) groups excluding carboxylic acids is 2. The second-order valence-electron chi connectivity index (χ2n) is 4.39. The molecule has 0 radical (unpaired) electrons. The van der Waals surface area contributed by atoms with Crippen LogP contribution in [0.4, 0.5) is 0 Å².